The van der Waals surface area contributed by atoms with Crippen LogP contribution in [-0.4, -0.2) is 21.6 Å². The van der Waals surface area contributed by atoms with Crippen LogP contribution < -0.4 is 5.32 Å². The van der Waals surface area contributed by atoms with Gasteiger partial charge < -0.3 is 15.0 Å². The molecule has 0 saturated heterocycles. The van der Waals surface area contributed by atoms with Gasteiger partial charge in [0.2, 0.25) is 0 Å². The second kappa shape index (κ2) is 5.80. The lowest BCUT2D eigenvalue weighted by Crippen LogP contribution is -2.17. The van der Waals surface area contributed by atoms with Crippen molar-refractivity contribution < 1.29 is 14.7 Å². The molecule has 5 nitrogen and oxygen atoms in total. The number of para-hydroxylation sites is 1. The molecule has 0 radical (unpaired) electrons. The highest BCUT2D eigenvalue weighted by atomic mass is 79.9. The lowest BCUT2D eigenvalue weighted by molar-refractivity contribution is 0.0698. The van der Waals surface area contributed by atoms with Crippen LogP contribution in [0.15, 0.2) is 39.4 Å². The highest BCUT2D eigenvalue weighted by Crippen LogP contribution is 2.27. The first kappa shape index (κ1) is 14.8. The number of hydrogen-bond donors (Lipinski definition) is 2. The summed E-state index contributed by atoms with van der Waals surface area (Å²) < 4.78 is 2.94. The Morgan fingerprint density at radius 1 is 1.30 bits per heavy atom. The Balaban J connectivity index is 2.37. The molecule has 0 bridgehead atoms. The predicted molar refractivity (Wildman–Crippen MR) is 82.2 cm³/mol. The largest absolute Gasteiger partial charge is 0.478 e. The number of carbonyl (C=O) groups excluding carboxylic acids is 1. The van der Waals surface area contributed by atoms with E-state index >= 15 is 0 Å². The number of aryl methyl sites for hydroxylation is 1. The smallest absolute Gasteiger partial charge is 0.337 e. The predicted octanol–water partition coefficient (Wildman–Crippen LogP) is 3.50. The van der Waals surface area contributed by atoms with E-state index < -0.39 is 5.97 Å². The van der Waals surface area contributed by atoms with E-state index in [0.717, 1.165) is 4.47 Å². The summed E-state index contributed by atoms with van der Waals surface area (Å²) in [5.41, 5.74) is 0.687. The van der Waals surface area contributed by atoms with E-state index in [1.54, 1.807) is 36.0 Å². The summed E-state index contributed by atoms with van der Waals surface area (Å²) in [6.07, 6.45) is 1.74. The molecule has 7 heteroatoms. The first-order valence-electron chi connectivity index (χ1n) is 5.55. The first-order valence-corrected chi connectivity index (χ1v) is 7.13. The molecular weight excluding hydrogens is 392 g/mol. The van der Waals surface area contributed by atoms with Gasteiger partial charge in [0.1, 0.15) is 5.69 Å². The van der Waals surface area contributed by atoms with Crippen molar-refractivity contribution in [3.05, 3.63) is 50.7 Å². The van der Waals surface area contributed by atoms with Crippen LogP contribution in [0.3, 0.4) is 0 Å². The van der Waals surface area contributed by atoms with Crippen molar-refractivity contribution in [1.82, 2.24) is 4.57 Å². The van der Waals surface area contributed by atoms with Gasteiger partial charge in [-0.15, -0.1) is 0 Å². The van der Waals surface area contributed by atoms with E-state index in [2.05, 4.69) is 37.2 Å². The fourth-order valence-corrected chi connectivity index (χ4v) is 2.75. The third-order valence-corrected chi connectivity index (χ3v) is 3.78. The van der Waals surface area contributed by atoms with Crippen LogP contribution in [0.4, 0.5) is 5.69 Å². The first-order chi connectivity index (χ1) is 9.40. The maximum absolute atomic E-state index is 12.2. The number of carboxylic acids is 1. The molecule has 0 atom stereocenters. The molecule has 20 heavy (non-hydrogen) atoms. The van der Waals surface area contributed by atoms with E-state index in [1.807, 2.05) is 0 Å². The van der Waals surface area contributed by atoms with Gasteiger partial charge in [-0.05, 0) is 50.1 Å². The molecule has 0 aliphatic heterocycles. The van der Waals surface area contributed by atoms with Gasteiger partial charge in [-0.1, -0.05) is 6.07 Å². The molecule has 0 aliphatic rings. The molecule has 2 N–H and O–H groups in total. The summed E-state index contributed by atoms with van der Waals surface area (Å²) in [6, 6.07) is 6.36. The van der Waals surface area contributed by atoms with Gasteiger partial charge in [-0.2, -0.15) is 0 Å². The lowest BCUT2D eigenvalue weighted by Gasteiger charge is -2.10. The Bertz CT molecular complexity index is 695. The molecule has 2 rings (SSSR count). The second-order valence-corrected chi connectivity index (χ2v) is 5.85. The maximum Gasteiger partial charge on any atom is 0.337 e. The number of halogens is 2. The normalized spacial score (nSPS) is 10.3. The number of rotatable bonds is 3. The number of carboxylic acid groups (broad SMARTS) is 1. The highest BCUT2D eigenvalue weighted by Gasteiger charge is 2.18. The standard InChI is InChI=1S/C13H10Br2N2O3/c1-17-6-7(14)5-10(17)12(18)16-11-8(13(19)20)3-2-4-9(11)15/h2-6H,1H3,(H,16,18)(H,19,20). The summed E-state index contributed by atoms with van der Waals surface area (Å²) in [6.45, 7) is 0. The Morgan fingerprint density at radius 2 is 2.00 bits per heavy atom. The van der Waals surface area contributed by atoms with Gasteiger partial charge in [-0.3, -0.25) is 4.79 Å². The van der Waals surface area contributed by atoms with Crippen LogP contribution in [0.1, 0.15) is 20.8 Å². The third-order valence-electron chi connectivity index (χ3n) is 2.69. The number of anilines is 1. The zero-order valence-electron chi connectivity index (χ0n) is 10.4. The molecule has 0 aliphatic carbocycles. The monoisotopic (exact) mass is 400 g/mol. The van der Waals surface area contributed by atoms with Crippen LogP contribution in [0.25, 0.3) is 0 Å². The topological polar surface area (TPSA) is 71.3 Å². The fraction of sp³-hybridized carbons (Fsp3) is 0.0769. The highest BCUT2D eigenvalue weighted by molar-refractivity contribution is 9.10. The molecule has 1 amide bonds. The second-order valence-electron chi connectivity index (χ2n) is 4.08. The molecule has 1 aromatic heterocycles. The Morgan fingerprint density at radius 3 is 2.55 bits per heavy atom. The van der Waals surface area contributed by atoms with Crippen molar-refractivity contribution >= 4 is 49.4 Å². The number of nitrogens with one attached hydrogen (secondary N) is 1. The minimum Gasteiger partial charge on any atom is -0.478 e. The molecular formula is C13H10Br2N2O3. The van der Waals surface area contributed by atoms with Crippen molar-refractivity contribution in [3.8, 4) is 0 Å². The Kier molecular flexibility index (Phi) is 4.29. The zero-order chi connectivity index (χ0) is 14.9. The Hall–Kier alpha value is -1.60. The van der Waals surface area contributed by atoms with Gasteiger partial charge in [0.05, 0.1) is 11.3 Å². The van der Waals surface area contributed by atoms with E-state index in [-0.39, 0.29) is 17.2 Å². The fourth-order valence-electron chi connectivity index (χ4n) is 1.76. The number of benzene rings is 1. The number of amides is 1. The number of carbonyl (C=O) groups is 2. The molecule has 0 saturated carbocycles. The minimum absolute atomic E-state index is 0.0287. The van der Waals surface area contributed by atoms with Gasteiger partial charge in [-0.25, -0.2) is 4.79 Å². The van der Waals surface area contributed by atoms with Crippen LogP contribution in [-0.2, 0) is 7.05 Å². The third kappa shape index (κ3) is 2.94. The molecule has 0 unspecified atom stereocenters. The lowest BCUT2D eigenvalue weighted by atomic mass is 10.1. The number of hydrogen-bond acceptors (Lipinski definition) is 2. The van der Waals surface area contributed by atoms with Crippen molar-refractivity contribution in [2.24, 2.45) is 7.05 Å². The van der Waals surface area contributed by atoms with E-state index in [4.69, 9.17) is 5.11 Å². The quantitative estimate of drug-likeness (QED) is 0.826. The van der Waals surface area contributed by atoms with Crippen LogP contribution in [0, 0.1) is 0 Å². The van der Waals surface area contributed by atoms with Crippen molar-refractivity contribution in [2.75, 3.05) is 5.32 Å². The van der Waals surface area contributed by atoms with E-state index in [9.17, 15) is 9.59 Å². The molecule has 2 aromatic rings. The molecule has 1 aromatic carbocycles. The summed E-state index contributed by atoms with van der Waals surface area (Å²) in [4.78, 5) is 23.4. The summed E-state index contributed by atoms with van der Waals surface area (Å²) in [5.74, 6) is -1.48. The molecule has 104 valence electrons. The summed E-state index contributed by atoms with van der Waals surface area (Å²) in [7, 11) is 1.73. The summed E-state index contributed by atoms with van der Waals surface area (Å²) >= 11 is 6.53. The van der Waals surface area contributed by atoms with Gasteiger partial charge >= 0.3 is 5.97 Å². The number of nitrogens with zero attached hydrogens (tertiary/aromatic N) is 1. The van der Waals surface area contributed by atoms with Crippen LogP contribution in [0.5, 0.6) is 0 Å². The Labute approximate surface area is 131 Å². The van der Waals surface area contributed by atoms with Crippen LogP contribution >= 0.6 is 31.9 Å². The van der Waals surface area contributed by atoms with E-state index in [1.165, 1.54) is 6.07 Å². The van der Waals surface area contributed by atoms with Gasteiger partial charge in [0.25, 0.3) is 5.91 Å². The number of aromatic nitrogens is 1. The molecule has 0 spiro atoms. The summed E-state index contributed by atoms with van der Waals surface area (Å²) in [5, 5.41) is 11.8. The average molecular weight is 402 g/mol. The van der Waals surface area contributed by atoms with Crippen molar-refractivity contribution in [3.63, 3.8) is 0 Å². The van der Waals surface area contributed by atoms with Gasteiger partial charge in [0, 0.05) is 22.2 Å². The van der Waals surface area contributed by atoms with Crippen molar-refractivity contribution in [2.45, 2.75) is 0 Å². The van der Waals surface area contributed by atoms with Crippen LogP contribution in [0.2, 0.25) is 0 Å². The van der Waals surface area contributed by atoms with E-state index in [0.29, 0.717) is 10.2 Å². The minimum atomic E-state index is -1.10. The molecule has 1 heterocycles. The van der Waals surface area contributed by atoms with Crippen molar-refractivity contribution in [1.29, 1.82) is 0 Å². The molecule has 0 fully saturated rings. The SMILES string of the molecule is Cn1cc(Br)cc1C(=O)Nc1c(Br)cccc1C(=O)O. The van der Waals surface area contributed by atoms with Gasteiger partial charge in [0.15, 0.2) is 0 Å². The average Bonchev–Trinajstić information content (AvgIpc) is 2.70. The zero-order valence-corrected chi connectivity index (χ0v) is 13.5. The maximum atomic E-state index is 12.2. The number of aromatic carboxylic acids is 1.